The zero-order valence-electron chi connectivity index (χ0n) is 42.4. The molecule has 4 saturated heterocycles. The van der Waals surface area contributed by atoms with E-state index in [1.807, 2.05) is 27.7 Å². The van der Waals surface area contributed by atoms with Crippen LogP contribution in [-0.2, 0) is 47.6 Å². The van der Waals surface area contributed by atoms with Crippen molar-refractivity contribution in [1.29, 1.82) is 0 Å². The van der Waals surface area contributed by atoms with Crippen LogP contribution in [0.1, 0.15) is 170 Å². The minimum atomic E-state index is -1.13. The Morgan fingerprint density at radius 2 is 1.03 bits per heavy atom. The molecule has 0 radical (unpaired) electrons. The second-order valence-electron chi connectivity index (χ2n) is 20.9. The Labute approximate surface area is 410 Å². The summed E-state index contributed by atoms with van der Waals surface area (Å²) in [4.78, 5) is 48.2. The summed E-state index contributed by atoms with van der Waals surface area (Å²) in [7, 11) is 0. The number of allylic oxidation sites excluding steroid dienone is 1. The van der Waals surface area contributed by atoms with E-state index in [1.54, 1.807) is 19.9 Å². The third kappa shape index (κ3) is 21.1. The zero-order chi connectivity index (χ0) is 50.6. The average molecular weight is 981 g/mol. The van der Waals surface area contributed by atoms with Crippen LogP contribution in [-0.4, -0.2) is 147 Å². The minimum absolute atomic E-state index is 0.00237. The number of carbonyl (C=O) groups excluding carboxylic acids is 3. The Balaban J connectivity index is 0.981. The van der Waals surface area contributed by atoms with E-state index < -0.39 is 54.7 Å². The summed E-state index contributed by atoms with van der Waals surface area (Å²) in [5.74, 6) is -2.06. The number of esters is 2. The summed E-state index contributed by atoms with van der Waals surface area (Å²) in [6.07, 6.45) is 10.6. The van der Waals surface area contributed by atoms with Gasteiger partial charge in [0.1, 0.15) is 18.3 Å². The maximum atomic E-state index is 12.7. The smallest absolute Gasteiger partial charge is 0.330 e. The highest BCUT2D eigenvalue weighted by Crippen LogP contribution is 2.40. The van der Waals surface area contributed by atoms with Crippen molar-refractivity contribution in [2.24, 2.45) is 23.7 Å². The predicted octanol–water partition coefficient (Wildman–Crippen LogP) is 6.47. The molecule has 4 fully saturated rings. The van der Waals surface area contributed by atoms with E-state index in [0.717, 1.165) is 82.6 Å². The van der Waals surface area contributed by atoms with E-state index in [1.165, 1.54) is 6.08 Å². The van der Waals surface area contributed by atoms with Gasteiger partial charge in [0.25, 0.3) is 0 Å². The quantitative estimate of drug-likeness (QED) is 0.0175. The van der Waals surface area contributed by atoms with Crippen molar-refractivity contribution in [3.8, 4) is 0 Å². The van der Waals surface area contributed by atoms with Gasteiger partial charge in [-0.1, -0.05) is 82.8 Å². The summed E-state index contributed by atoms with van der Waals surface area (Å²) < 4.78 is 34.6. The first-order valence-corrected chi connectivity index (χ1v) is 26.3. The normalized spacial score (nSPS) is 31.1. The molecule has 0 spiro atoms. The van der Waals surface area contributed by atoms with E-state index in [-0.39, 0.29) is 85.4 Å². The van der Waals surface area contributed by atoms with E-state index in [9.17, 15) is 44.7 Å². The molecule has 0 aromatic rings. The van der Waals surface area contributed by atoms with Crippen LogP contribution in [0.4, 0.5) is 0 Å². The van der Waals surface area contributed by atoms with Crippen molar-refractivity contribution in [3.63, 3.8) is 0 Å². The van der Waals surface area contributed by atoms with E-state index in [4.69, 9.17) is 33.5 Å². The third-order valence-electron chi connectivity index (χ3n) is 14.8. The average Bonchev–Trinajstić information content (AvgIpc) is 4.23. The molecular weight excluding hydrogens is 893 g/mol. The van der Waals surface area contributed by atoms with E-state index >= 15 is 0 Å². The lowest BCUT2D eigenvalue weighted by Gasteiger charge is -2.38. The number of carbonyl (C=O) groups is 4. The molecule has 0 bridgehead atoms. The largest absolute Gasteiger partial charge is 0.481 e. The predicted molar refractivity (Wildman–Crippen MR) is 257 cm³/mol. The number of ketones is 1. The lowest BCUT2D eigenvalue weighted by atomic mass is 9.85. The fraction of sp³-hybridized carbons (Fsp3) is 0.849. The van der Waals surface area contributed by atoms with Crippen molar-refractivity contribution in [2.75, 3.05) is 19.8 Å². The van der Waals surface area contributed by atoms with Gasteiger partial charge in [0, 0.05) is 49.0 Å². The Bertz CT molecular complexity index is 1630. The molecule has 396 valence electrons. The second kappa shape index (κ2) is 30.3. The van der Waals surface area contributed by atoms with Gasteiger partial charge >= 0.3 is 17.9 Å². The topological polar surface area (TPSA) is 252 Å². The molecule has 4 rings (SSSR count). The van der Waals surface area contributed by atoms with Gasteiger partial charge in [-0.25, -0.2) is 4.79 Å². The number of carboxylic acid groups (broad SMARTS) is 1. The summed E-state index contributed by atoms with van der Waals surface area (Å²) in [6.45, 7) is 12.0. The van der Waals surface area contributed by atoms with Gasteiger partial charge in [-0.15, -0.1) is 0 Å². The van der Waals surface area contributed by atoms with Crippen LogP contribution >= 0.6 is 0 Å². The highest BCUT2D eigenvalue weighted by atomic mass is 16.6. The Morgan fingerprint density at radius 3 is 1.54 bits per heavy atom. The summed E-state index contributed by atoms with van der Waals surface area (Å²) >= 11 is 0. The van der Waals surface area contributed by atoms with Crippen LogP contribution in [0.5, 0.6) is 0 Å². The summed E-state index contributed by atoms with van der Waals surface area (Å²) in [6, 6.07) is 0. The molecule has 16 nitrogen and oxygen atoms in total. The molecule has 69 heavy (non-hydrogen) atoms. The molecule has 16 heteroatoms. The molecule has 6 N–H and O–H groups in total. The maximum Gasteiger partial charge on any atom is 0.330 e. The van der Waals surface area contributed by atoms with Gasteiger partial charge < -0.3 is 59.1 Å². The number of unbranched alkanes of at least 4 members (excludes halogenated alkanes) is 11. The zero-order valence-corrected chi connectivity index (χ0v) is 42.4. The van der Waals surface area contributed by atoms with Gasteiger partial charge in [0.05, 0.1) is 74.8 Å². The lowest BCUT2D eigenvalue weighted by molar-refractivity contribution is -0.165. The highest BCUT2D eigenvalue weighted by Gasteiger charge is 2.50. The number of hydrogen-bond acceptors (Lipinski definition) is 15. The number of epoxide rings is 2. The summed E-state index contributed by atoms with van der Waals surface area (Å²) in [5, 5.41) is 62.0. The molecule has 0 saturated carbocycles. The monoisotopic (exact) mass is 981 g/mol. The maximum absolute atomic E-state index is 12.7. The third-order valence-corrected chi connectivity index (χ3v) is 14.8. The standard InChI is InChI=1S/C53H88O16/c1-32(25-41-50(62)48(60)38(30-65-41)28-43-52(68-43)34(3)36(5)54)24-40(55)20-16-12-8-7-9-14-18-22-46(58)67-37(6)35(4)53-44(69-53)29-39-31-66-42(51(63)49(39)61)26-33(2)27-47(59)64-23-19-15-11-10-13-17-21-45(56)57/h24,27,34-39,41-44,48-54,60-63H,7-23,25-26,28-31H2,1-6H3,(H,56,57)/b32-24+,33-27+/t34-,35-,36-,37-,38-,39-,41-,42-,43-,44-,48+,49+,50-,51-,52-,53-/m0/s1. The van der Waals surface area contributed by atoms with Crippen LogP contribution in [0.3, 0.4) is 0 Å². The van der Waals surface area contributed by atoms with Crippen molar-refractivity contribution < 1.29 is 78.2 Å². The molecule has 4 aliphatic rings. The molecule has 4 heterocycles. The molecule has 0 aliphatic carbocycles. The summed E-state index contributed by atoms with van der Waals surface area (Å²) in [5.41, 5.74) is 1.49. The molecule has 4 aliphatic heterocycles. The number of ether oxygens (including phenoxy) is 6. The van der Waals surface area contributed by atoms with Gasteiger partial charge in [0.15, 0.2) is 5.78 Å². The SMILES string of the molecule is C/C(=C\C(=O)CCCCCCCCCC(=O)O[C@@H](C)[C@H](C)[C@@H]1O[C@H]1C[C@H]1CO[C@@H](C/C(C)=C/C(=O)OCCCCCCCCC(=O)O)[C@H](O)[C@@H]1O)C[C@@H]1OC[C@H](C[C@@H]2O[C@H]2[C@@H](C)[C@H](C)O)[C@@H](O)[C@H]1O. The molecule has 0 unspecified atom stereocenters. The van der Waals surface area contributed by atoms with Crippen molar-refractivity contribution in [3.05, 3.63) is 23.3 Å². The van der Waals surface area contributed by atoms with Crippen LogP contribution in [0, 0.1) is 23.7 Å². The van der Waals surface area contributed by atoms with Crippen LogP contribution in [0.2, 0.25) is 0 Å². The van der Waals surface area contributed by atoms with Crippen LogP contribution in [0.15, 0.2) is 23.3 Å². The number of hydrogen-bond donors (Lipinski definition) is 6. The molecule has 16 atom stereocenters. The number of aliphatic hydroxyl groups is 5. The first-order chi connectivity index (χ1) is 32.9. The van der Waals surface area contributed by atoms with Gasteiger partial charge in [-0.05, 0) is 85.1 Å². The van der Waals surface area contributed by atoms with Crippen molar-refractivity contribution in [1.82, 2.24) is 0 Å². The van der Waals surface area contributed by atoms with Gasteiger partial charge in [-0.2, -0.15) is 0 Å². The first kappa shape index (κ1) is 58.8. The van der Waals surface area contributed by atoms with E-state index in [2.05, 4.69) is 0 Å². The number of carboxylic acids is 1. The highest BCUT2D eigenvalue weighted by molar-refractivity contribution is 5.90. The molecule has 0 amide bonds. The number of aliphatic carboxylic acids is 1. The fourth-order valence-electron chi connectivity index (χ4n) is 9.84. The van der Waals surface area contributed by atoms with Crippen LogP contribution in [0.25, 0.3) is 0 Å². The Kier molecular flexibility index (Phi) is 25.8. The second-order valence-corrected chi connectivity index (χ2v) is 20.9. The lowest BCUT2D eigenvalue weighted by Crippen LogP contribution is -2.50. The van der Waals surface area contributed by atoms with Gasteiger partial charge in [-0.3, -0.25) is 14.4 Å². The minimum Gasteiger partial charge on any atom is -0.481 e. The van der Waals surface area contributed by atoms with Gasteiger partial charge in [0.2, 0.25) is 0 Å². The van der Waals surface area contributed by atoms with Crippen LogP contribution < -0.4 is 0 Å². The molecule has 0 aromatic heterocycles. The first-order valence-electron chi connectivity index (χ1n) is 26.3. The molecule has 0 aromatic carbocycles. The Hall–Kier alpha value is -2.80. The van der Waals surface area contributed by atoms with E-state index in [0.29, 0.717) is 57.3 Å². The van der Waals surface area contributed by atoms with Crippen molar-refractivity contribution >= 4 is 23.7 Å². The number of rotatable bonds is 34. The fourth-order valence-corrected chi connectivity index (χ4v) is 9.84. The Morgan fingerprint density at radius 1 is 0.580 bits per heavy atom. The number of aliphatic hydroxyl groups excluding tert-OH is 5. The molecular formula is C53H88O16. The van der Waals surface area contributed by atoms with Crippen molar-refractivity contribution in [2.45, 2.75) is 243 Å².